The van der Waals surface area contributed by atoms with E-state index in [0.717, 1.165) is 5.56 Å². The van der Waals surface area contributed by atoms with Crippen molar-refractivity contribution in [2.24, 2.45) is 0 Å². The molecule has 2 aromatic rings. The van der Waals surface area contributed by atoms with E-state index in [2.05, 4.69) is 37.9 Å². The molecule has 1 N–H and O–H groups in total. The predicted octanol–water partition coefficient (Wildman–Crippen LogP) is 3.97. The SMILES string of the molecule is C[C@@H](NC(=O)c1cn(C2(C(F)P)CC2)c(=O)cc1N(C)[C@@H]1CN2CCC1(F)CC2)c1cccc(C(F)P)c1P. The number of fused-ring (bicyclic) bond motifs is 3. The van der Waals surface area contributed by atoms with E-state index in [1.54, 1.807) is 31.0 Å². The lowest BCUT2D eigenvalue weighted by atomic mass is 9.80. The topological polar surface area (TPSA) is 57.6 Å². The summed E-state index contributed by atoms with van der Waals surface area (Å²) in [4.78, 5) is 31.1. The lowest BCUT2D eigenvalue weighted by Crippen LogP contribution is -2.65. The summed E-state index contributed by atoms with van der Waals surface area (Å²) >= 11 is 0. The molecule has 6 rings (SSSR count). The van der Waals surface area contributed by atoms with E-state index in [0.29, 0.717) is 61.9 Å². The molecule has 2 bridgehead atoms. The minimum absolute atomic E-state index is 0.178. The highest BCUT2D eigenvalue weighted by Gasteiger charge is 2.52. The number of likely N-dealkylation sites (N-methyl/N-ethyl adjacent to an activating group) is 1. The average Bonchev–Trinajstić information content (AvgIpc) is 3.70. The maximum atomic E-state index is 16.0. The smallest absolute Gasteiger partial charge is 0.255 e. The van der Waals surface area contributed by atoms with Gasteiger partial charge in [0.1, 0.15) is 17.5 Å². The summed E-state index contributed by atoms with van der Waals surface area (Å²) in [6, 6.07) is 5.57. The fourth-order valence-corrected chi connectivity index (χ4v) is 7.75. The molecule has 39 heavy (non-hydrogen) atoms. The Morgan fingerprint density at radius 3 is 2.36 bits per heavy atom. The molecule has 4 aliphatic rings. The van der Waals surface area contributed by atoms with Crippen LogP contribution in [0, 0.1) is 0 Å². The van der Waals surface area contributed by atoms with Crippen LogP contribution in [0.1, 0.15) is 66.0 Å². The largest absolute Gasteiger partial charge is 0.366 e. The number of pyridine rings is 1. The first kappa shape index (κ1) is 29.0. The zero-order valence-corrected chi connectivity index (χ0v) is 25.6. The molecule has 1 aromatic heterocycles. The predicted molar refractivity (Wildman–Crippen MR) is 159 cm³/mol. The van der Waals surface area contributed by atoms with E-state index in [9.17, 15) is 18.4 Å². The Bertz CT molecular complexity index is 1330. The van der Waals surface area contributed by atoms with Gasteiger partial charge in [0.25, 0.3) is 11.5 Å². The first-order valence-corrected chi connectivity index (χ1v) is 15.2. The van der Waals surface area contributed by atoms with Crippen LogP contribution in [0.4, 0.5) is 18.9 Å². The van der Waals surface area contributed by atoms with Gasteiger partial charge in [-0.25, -0.2) is 13.2 Å². The van der Waals surface area contributed by atoms with Crippen molar-refractivity contribution in [3.05, 3.63) is 57.5 Å². The van der Waals surface area contributed by atoms with Gasteiger partial charge >= 0.3 is 0 Å². The first-order chi connectivity index (χ1) is 18.4. The number of anilines is 1. The lowest BCUT2D eigenvalue weighted by molar-refractivity contribution is -0.0259. The van der Waals surface area contributed by atoms with Gasteiger partial charge in [-0.3, -0.25) is 9.59 Å². The number of rotatable bonds is 8. The van der Waals surface area contributed by atoms with Gasteiger partial charge in [-0.2, -0.15) is 0 Å². The number of hydrogen-bond acceptors (Lipinski definition) is 4. The number of alkyl halides is 3. The standard InChI is InChI=1S/C27H36F3N4O2P3/c1-15(16-4-3-5-17(22(16)37)23(28)38)31-24(36)18-13-34(27(6-7-27)25(29)39)21(35)12-19(18)32(2)20-14-33-10-8-26(20,30)9-11-33/h3-5,12-13,15,20,23,25H,6-11,14,37-39H2,1-2H3,(H,31,36)/t15-,20-,23?,25?/m1/s1. The number of benzene rings is 1. The van der Waals surface area contributed by atoms with E-state index in [-0.39, 0.29) is 5.56 Å². The second kappa shape index (κ2) is 10.7. The molecule has 1 aromatic carbocycles. The number of carbonyl (C=O) groups excluding carboxylic acids is 1. The highest BCUT2D eigenvalue weighted by molar-refractivity contribution is 7.28. The normalized spacial score (nSPS) is 27.5. The first-order valence-electron chi connectivity index (χ1n) is 13.3. The minimum Gasteiger partial charge on any atom is -0.366 e. The number of amides is 1. The molecule has 1 saturated carbocycles. The van der Waals surface area contributed by atoms with Gasteiger partial charge < -0.3 is 19.7 Å². The van der Waals surface area contributed by atoms with Crippen LogP contribution >= 0.6 is 27.7 Å². The zero-order valence-electron chi connectivity index (χ0n) is 22.2. The Kier molecular flexibility index (Phi) is 7.96. The number of carbonyl (C=O) groups is 1. The van der Waals surface area contributed by atoms with E-state index in [1.807, 2.05) is 6.07 Å². The maximum Gasteiger partial charge on any atom is 0.255 e. The van der Waals surface area contributed by atoms with Gasteiger partial charge in [0.05, 0.1) is 28.9 Å². The molecular weight excluding hydrogens is 562 g/mol. The highest BCUT2D eigenvalue weighted by atomic mass is 31.0. The van der Waals surface area contributed by atoms with E-state index in [4.69, 9.17) is 0 Å². The molecule has 3 aliphatic heterocycles. The maximum absolute atomic E-state index is 16.0. The fourth-order valence-electron chi connectivity index (χ4n) is 6.17. The van der Waals surface area contributed by atoms with Crippen molar-refractivity contribution in [1.29, 1.82) is 0 Å². The molecule has 7 atom stereocenters. The third kappa shape index (κ3) is 5.18. The van der Waals surface area contributed by atoms with Crippen molar-refractivity contribution >= 4 is 44.6 Å². The van der Waals surface area contributed by atoms with Crippen molar-refractivity contribution in [2.45, 2.75) is 67.7 Å². The van der Waals surface area contributed by atoms with E-state index < -0.39 is 46.6 Å². The molecular formula is C27H36F3N4O2P3. The minimum atomic E-state index is -1.42. The summed E-state index contributed by atoms with van der Waals surface area (Å²) in [6.07, 6.45) is 3.20. The molecule has 0 spiro atoms. The number of hydrogen-bond donors (Lipinski definition) is 1. The van der Waals surface area contributed by atoms with Crippen LogP contribution < -0.4 is 21.1 Å². The molecule has 5 unspecified atom stereocenters. The average molecular weight is 599 g/mol. The molecule has 1 aliphatic carbocycles. The third-order valence-corrected chi connectivity index (χ3v) is 10.5. The van der Waals surface area contributed by atoms with Crippen LogP contribution in [0.2, 0.25) is 0 Å². The van der Waals surface area contributed by atoms with Crippen LogP contribution in [0.15, 0.2) is 35.3 Å². The number of halogens is 3. The van der Waals surface area contributed by atoms with Crippen molar-refractivity contribution in [2.75, 3.05) is 31.6 Å². The summed E-state index contributed by atoms with van der Waals surface area (Å²) in [5.41, 5.74) is -1.14. The summed E-state index contributed by atoms with van der Waals surface area (Å²) in [6.45, 7) is 3.67. The molecule has 212 valence electrons. The summed E-state index contributed by atoms with van der Waals surface area (Å²) in [5, 5.41) is 3.64. The number of aromatic nitrogens is 1. The Hall–Kier alpha value is -1.52. The summed E-state index contributed by atoms with van der Waals surface area (Å²) in [5.74, 6) is -3.08. The fraction of sp³-hybridized carbons (Fsp3) is 0.556. The second-order valence-corrected chi connectivity index (χ2v) is 12.9. The molecule has 3 saturated heterocycles. The van der Waals surface area contributed by atoms with Crippen molar-refractivity contribution in [3.8, 4) is 0 Å². The van der Waals surface area contributed by atoms with Gasteiger partial charge in [-0.15, -0.1) is 9.24 Å². The van der Waals surface area contributed by atoms with Crippen LogP contribution in [0.25, 0.3) is 0 Å². The highest BCUT2D eigenvalue weighted by Crippen LogP contribution is 2.50. The lowest BCUT2D eigenvalue weighted by Gasteiger charge is -2.52. The van der Waals surface area contributed by atoms with Gasteiger partial charge in [0.2, 0.25) is 0 Å². The van der Waals surface area contributed by atoms with Crippen LogP contribution in [-0.2, 0) is 5.54 Å². The molecule has 0 radical (unpaired) electrons. The van der Waals surface area contributed by atoms with Crippen LogP contribution in [-0.4, -0.2) is 59.7 Å². The Morgan fingerprint density at radius 1 is 1.15 bits per heavy atom. The third-order valence-electron chi connectivity index (χ3n) is 8.88. The molecule has 12 heteroatoms. The monoisotopic (exact) mass is 598 g/mol. The van der Waals surface area contributed by atoms with Gasteiger partial charge in [-0.1, -0.05) is 36.7 Å². The Labute approximate surface area is 234 Å². The molecule has 4 fully saturated rings. The number of nitrogens with one attached hydrogen (secondary N) is 1. The van der Waals surface area contributed by atoms with Crippen LogP contribution in [0.5, 0.6) is 0 Å². The second-order valence-electron chi connectivity index (χ2n) is 11.2. The molecule has 1 amide bonds. The van der Waals surface area contributed by atoms with Gasteiger partial charge in [-0.05, 0) is 49.0 Å². The zero-order chi connectivity index (χ0) is 28.3. The Balaban J connectivity index is 1.53. The summed E-state index contributed by atoms with van der Waals surface area (Å²) in [7, 11) is 8.53. The quantitative estimate of drug-likeness (QED) is 0.468. The van der Waals surface area contributed by atoms with Crippen LogP contribution in [0.3, 0.4) is 0 Å². The summed E-state index contributed by atoms with van der Waals surface area (Å²) < 4.78 is 46.0. The van der Waals surface area contributed by atoms with Crippen molar-refractivity contribution < 1.29 is 18.0 Å². The van der Waals surface area contributed by atoms with Crippen molar-refractivity contribution in [1.82, 2.24) is 14.8 Å². The number of piperidine rings is 3. The number of nitrogens with zero attached hydrogens (tertiary/aromatic N) is 3. The Morgan fingerprint density at radius 2 is 1.79 bits per heavy atom. The molecule has 6 nitrogen and oxygen atoms in total. The van der Waals surface area contributed by atoms with Gasteiger partial charge in [0.15, 0.2) is 0 Å². The molecule has 4 heterocycles. The van der Waals surface area contributed by atoms with E-state index >= 15 is 4.39 Å². The van der Waals surface area contributed by atoms with E-state index in [1.165, 1.54) is 16.8 Å². The van der Waals surface area contributed by atoms with Gasteiger partial charge in [0, 0.05) is 38.9 Å². The van der Waals surface area contributed by atoms with Crippen molar-refractivity contribution in [3.63, 3.8) is 0 Å².